The van der Waals surface area contributed by atoms with Crippen LogP contribution in [0.4, 0.5) is 5.69 Å². The molecule has 1 N–H and O–H groups in total. The van der Waals surface area contributed by atoms with Crippen LogP contribution in [0, 0.1) is 3.57 Å². The van der Waals surface area contributed by atoms with Gasteiger partial charge in [0, 0.05) is 28.9 Å². The van der Waals surface area contributed by atoms with E-state index in [2.05, 4.69) is 64.1 Å². The van der Waals surface area contributed by atoms with Crippen molar-refractivity contribution in [3.63, 3.8) is 0 Å². The molecule has 0 bridgehead atoms. The van der Waals surface area contributed by atoms with Gasteiger partial charge >= 0.3 is 0 Å². The van der Waals surface area contributed by atoms with Crippen molar-refractivity contribution in [3.8, 4) is 0 Å². The van der Waals surface area contributed by atoms with Gasteiger partial charge in [0.05, 0.1) is 12.7 Å². The van der Waals surface area contributed by atoms with E-state index in [9.17, 15) is 0 Å². The van der Waals surface area contributed by atoms with Gasteiger partial charge in [-0.2, -0.15) is 0 Å². The van der Waals surface area contributed by atoms with Crippen LogP contribution in [0.25, 0.3) is 0 Å². The molecule has 4 heteroatoms. The molecule has 2 rings (SSSR count). The van der Waals surface area contributed by atoms with Crippen LogP contribution >= 0.6 is 22.6 Å². The molecule has 0 radical (unpaired) electrons. The van der Waals surface area contributed by atoms with E-state index >= 15 is 0 Å². The zero-order chi connectivity index (χ0) is 11.4. The molecule has 1 heterocycles. The molecule has 1 unspecified atom stereocenters. The smallest absolute Gasteiger partial charge is 0.0874 e. The van der Waals surface area contributed by atoms with Gasteiger partial charge in [-0.1, -0.05) is 12.1 Å². The van der Waals surface area contributed by atoms with E-state index in [0.29, 0.717) is 6.10 Å². The second kappa shape index (κ2) is 5.84. The Morgan fingerprint density at radius 3 is 3.06 bits per heavy atom. The summed E-state index contributed by atoms with van der Waals surface area (Å²) in [6.45, 7) is 3.77. The molecule has 1 aromatic rings. The molecule has 3 nitrogen and oxygen atoms in total. The minimum absolute atomic E-state index is 0.301. The van der Waals surface area contributed by atoms with Gasteiger partial charge < -0.3 is 15.0 Å². The predicted molar refractivity (Wildman–Crippen MR) is 74.9 cm³/mol. The lowest BCUT2D eigenvalue weighted by Crippen LogP contribution is -2.43. The summed E-state index contributed by atoms with van der Waals surface area (Å²) in [4.78, 5) is 2.31. The quantitative estimate of drug-likeness (QED) is 0.858. The molecule has 0 aromatic heterocycles. The van der Waals surface area contributed by atoms with Gasteiger partial charge in [0.1, 0.15) is 0 Å². The number of nitrogens with one attached hydrogen (secondary N) is 1. The lowest BCUT2D eigenvalue weighted by molar-refractivity contribution is -0.0117. The highest BCUT2D eigenvalue weighted by molar-refractivity contribution is 14.1. The number of hydrogen-bond donors (Lipinski definition) is 1. The van der Waals surface area contributed by atoms with Crippen molar-refractivity contribution in [2.45, 2.75) is 6.10 Å². The van der Waals surface area contributed by atoms with Gasteiger partial charge in [0.2, 0.25) is 0 Å². The van der Waals surface area contributed by atoms with Gasteiger partial charge in [-0.3, -0.25) is 0 Å². The number of halogens is 1. The summed E-state index contributed by atoms with van der Waals surface area (Å²) in [6, 6.07) is 8.32. The predicted octanol–water partition coefficient (Wildman–Crippen LogP) is 2.03. The topological polar surface area (TPSA) is 24.5 Å². The van der Waals surface area contributed by atoms with E-state index in [4.69, 9.17) is 4.74 Å². The summed E-state index contributed by atoms with van der Waals surface area (Å²) in [5, 5.41) is 3.44. The van der Waals surface area contributed by atoms with Crippen LogP contribution in [0.5, 0.6) is 0 Å². The van der Waals surface area contributed by atoms with Crippen molar-refractivity contribution in [1.82, 2.24) is 4.90 Å². The second-order valence-corrected chi connectivity index (χ2v) is 5.28. The molecule has 0 saturated carbocycles. The molecule has 16 heavy (non-hydrogen) atoms. The number of ether oxygens (including phenoxy) is 1. The van der Waals surface area contributed by atoms with Crippen LogP contribution in [-0.4, -0.2) is 44.3 Å². The zero-order valence-corrected chi connectivity index (χ0v) is 11.6. The maximum Gasteiger partial charge on any atom is 0.0874 e. The highest BCUT2D eigenvalue weighted by atomic mass is 127. The van der Waals surface area contributed by atoms with E-state index in [-0.39, 0.29) is 0 Å². The molecule has 1 fully saturated rings. The molecule has 88 valence electrons. The van der Waals surface area contributed by atoms with Crippen LogP contribution in [0.2, 0.25) is 0 Å². The number of hydrogen-bond acceptors (Lipinski definition) is 3. The highest BCUT2D eigenvalue weighted by Gasteiger charge is 2.17. The number of rotatable bonds is 3. The first-order valence-electron chi connectivity index (χ1n) is 5.54. The Morgan fingerprint density at radius 1 is 1.50 bits per heavy atom. The van der Waals surface area contributed by atoms with E-state index in [1.165, 1.54) is 9.26 Å². The monoisotopic (exact) mass is 332 g/mol. The number of anilines is 1. The third-order valence-electron chi connectivity index (χ3n) is 2.74. The minimum atomic E-state index is 0.301. The average molecular weight is 332 g/mol. The fourth-order valence-corrected chi connectivity index (χ4v) is 2.40. The number of nitrogens with zero attached hydrogens (tertiary/aromatic N) is 1. The minimum Gasteiger partial charge on any atom is -0.382 e. The molecule has 1 aliphatic heterocycles. The first-order valence-corrected chi connectivity index (χ1v) is 6.62. The van der Waals surface area contributed by atoms with Crippen LogP contribution in [0.3, 0.4) is 0 Å². The van der Waals surface area contributed by atoms with Gasteiger partial charge in [0.15, 0.2) is 0 Å². The van der Waals surface area contributed by atoms with Crippen LogP contribution in [-0.2, 0) is 4.74 Å². The van der Waals surface area contributed by atoms with Crippen LogP contribution in [0.15, 0.2) is 24.3 Å². The maximum absolute atomic E-state index is 5.70. The molecule has 0 spiro atoms. The lowest BCUT2D eigenvalue weighted by Gasteiger charge is -2.30. The van der Waals surface area contributed by atoms with Crippen molar-refractivity contribution in [1.29, 1.82) is 0 Å². The summed E-state index contributed by atoms with van der Waals surface area (Å²) in [7, 11) is 2.14. The summed E-state index contributed by atoms with van der Waals surface area (Å²) in [6.07, 6.45) is 0.301. The van der Waals surface area contributed by atoms with E-state index in [1.54, 1.807) is 0 Å². The molecule has 0 amide bonds. The number of para-hydroxylation sites is 1. The number of benzene rings is 1. The van der Waals surface area contributed by atoms with Crippen molar-refractivity contribution in [3.05, 3.63) is 27.8 Å². The molecule has 0 aliphatic carbocycles. The maximum atomic E-state index is 5.70. The van der Waals surface area contributed by atoms with Crippen LogP contribution in [0.1, 0.15) is 0 Å². The Bertz CT molecular complexity index is 346. The molecule has 1 aliphatic rings. The average Bonchev–Trinajstić information content (AvgIpc) is 2.28. The van der Waals surface area contributed by atoms with Crippen molar-refractivity contribution in [2.75, 3.05) is 38.6 Å². The fourth-order valence-electron chi connectivity index (χ4n) is 1.82. The Balaban J connectivity index is 1.85. The molecule has 1 atom stereocenters. The molecular weight excluding hydrogens is 315 g/mol. The van der Waals surface area contributed by atoms with E-state index in [0.717, 1.165) is 26.2 Å². The Labute approximate surface area is 110 Å². The van der Waals surface area contributed by atoms with E-state index < -0.39 is 0 Å². The summed E-state index contributed by atoms with van der Waals surface area (Å²) < 4.78 is 6.96. The standard InChI is InChI=1S/C12H17IN2O/c1-15-6-7-16-10(9-15)8-14-12-5-3-2-4-11(12)13/h2-5,10,14H,6-9H2,1H3. The third-order valence-corrected chi connectivity index (χ3v) is 3.68. The summed E-state index contributed by atoms with van der Waals surface area (Å²) in [5.41, 5.74) is 1.19. The van der Waals surface area contributed by atoms with Gasteiger partial charge in [-0.15, -0.1) is 0 Å². The molecule has 1 aromatic carbocycles. The number of morpholine rings is 1. The Kier molecular flexibility index (Phi) is 4.43. The Morgan fingerprint density at radius 2 is 2.31 bits per heavy atom. The molecule has 1 saturated heterocycles. The number of likely N-dealkylation sites (N-methyl/N-ethyl adjacent to an activating group) is 1. The third kappa shape index (κ3) is 3.33. The van der Waals surface area contributed by atoms with E-state index in [1.807, 2.05) is 0 Å². The first kappa shape index (κ1) is 12.1. The van der Waals surface area contributed by atoms with Crippen molar-refractivity contribution in [2.24, 2.45) is 0 Å². The van der Waals surface area contributed by atoms with Crippen LogP contribution < -0.4 is 5.32 Å². The largest absolute Gasteiger partial charge is 0.382 e. The van der Waals surface area contributed by atoms with Gasteiger partial charge in [-0.05, 0) is 41.8 Å². The fraction of sp³-hybridized carbons (Fsp3) is 0.500. The summed E-state index contributed by atoms with van der Waals surface area (Å²) >= 11 is 2.34. The zero-order valence-electron chi connectivity index (χ0n) is 9.45. The molecular formula is C12H17IN2O. The Hall–Kier alpha value is -0.330. The van der Waals surface area contributed by atoms with Gasteiger partial charge in [0.25, 0.3) is 0 Å². The van der Waals surface area contributed by atoms with Gasteiger partial charge in [-0.25, -0.2) is 0 Å². The highest BCUT2D eigenvalue weighted by Crippen LogP contribution is 2.17. The normalized spacial score (nSPS) is 22.0. The second-order valence-electron chi connectivity index (χ2n) is 4.12. The summed E-state index contributed by atoms with van der Waals surface area (Å²) in [5.74, 6) is 0. The van der Waals surface area contributed by atoms with Crippen molar-refractivity contribution < 1.29 is 4.74 Å². The lowest BCUT2D eigenvalue weighted by atomic mass is 10.2. The first-order chi connectivity index (χ1) is 7.75. The van der Waals surface area contributed by atoms with Crippen molar-refractivity contribution >= 4 is 28.3 Å². The SMILES string of the molecule is CN1CCOC(CNc2ccccc2I)C1.